The molecule has 0 aliphatic carbocycles. The molecule has 188 valence electrons. The number of pyridine rings is 1. The van der Waals surface area contributed by atoms with Gasteiger partial charge in [0, 0.05) is 40.9 Å². The molecule has 0 saturated carbocycles. The highest BCUT2D eigenvalue weighted by atomic mass is 35.5. The zero-order valence-electron chi connectivity index (χ0n) is 19.6. The summed E-state index contributed by atoms with van der Waals surface area (Å²) in [6.45, 7) is 8.57. The number of halogens is 5. The van der Waals surface area contributed by atoms with Crippen LogP contribution in [-0.4, -0.2) is 33.8 Å². The van der Waals surface area contributed by atoms with Crippen LogP contribution in [0.3, 0.4) is 0 Å². The van der Waals surface area contributed by atoms with Gasteiger partial charge in [0.2, 0.25) is 0 Å². The van der Waals surface area contributed by atoms with Crippen LogP contribution in [0.4, 0.5) is 13.2 Å². The third-order valence-corrected chi connectivity index (χ3v) is 6.99. The fraction of sp³-hybridized carbons (Fsp3) is 0.458. The van der Waals surface area contributed by atoms with Crippen LogP contribution in [0, 0.1) is 5.41 Å². The van der Waals surface area contributed by atoms with Crippen molar-refractivity contribution >= 4 is 34.9 Å². The highest BCUT2D eigenvalue weighted by Crippen LogP contribution is 2.49. The van der Waals surface area contributed by atoms with Gasteiger partial charge >= 0.3 is 6.18 Å². The predicted octanol–water partition coefficient (Wildman–Crippen LogP) is 6.06. The Kier molecular flexibility index (Phi) is 6.47. The average Bonchev–Trinajstić information content (AvgIpc) is 3.36. The number of hydrogen-bond donors (Lipinski definition) is 1. The molecule has 1 aromatic heterocycles. The fourth-order valence-electron chi connectivity index (χ4n) is 3.92. The van der Waals surface area contributed by atoms with Crippen molar-refractivity contribution in [3.05, 3.63) is 62.9 Å². The van der Waals surface area contributed by atoms with E-state index < -0.39 is 18.2 Å². The number of nitrogens with zero attached hydrogens (tertiary/aromatic N) is 3. The predicted molar refractivity (Wildman–Crippen MR) is 127 cm³/mol. The van der Waals surface area contributed by atoms with Crippen LogP contribution in [0.2, 0.25) is 10.0 Å². The smallest absolute Gasteiger partial charge is 0.372 e. The number of alkyl halides is 3. The Hall–Kier alpha value is -2.52. The summed E-state index contributed by atoms with van der Waals surface area (Å²) in [7, 11) is 0. The number of fused-ring (bicyclic) bond motifs is 1. The number of hydrogen-bond acceptors (Lipinski definition) is 5. The van der Waals surface area contributed by atoms with E-state index in [0.717, 1.165) is 11.1 Å². The maximum absolute atomic E-state index is 14.3. The standard InChI is InChI=1S/C24H25Cl2F3N4O2/c1-13(22(2,3)4)31-21(34)19-5-14-11-33(12-15(14)10-30-19)20-9-23(35-32-20,24(27,28)29)16-6-17(25)8-18(26)7-16/h5-8,10,13H,9,11-12H2,1-4H3,(H,31,34). The summed E-state index contributed by atoms with van der Waals surface area (Å²) in [6, 6.07) is 5.32. The maximum Gasteiger partial charge on any atom is 0.435 e. The van der Waals surface area contributed by atoms with Crippen molar-refractivity contribution in [2.24, 2.45) is 10.6 Å². The first-order valence-corrected chi connectivity index (χ1v) is 11.8. The van der Waals surface area contributed by atoms with E-state index in [9.17, 15) is 18.0 Å². The zero-order valence-corrected chi connectivity index (χ0v) is 21.1. The van der Waals surface area contributed by atoms with Gasteiger partial charge in [0.05, 0.1) is 6.42 Å². The SMILES string of the molecule is CC(NC(=O)c1cc2c(cn1)CN(C1=NOC(c3cc(Cl)cc(Cl)c3)(C(F)(F)F)C1)C2)C(C)(C)C. The van der Waals surface area contributed by atoms with Gasteiger partial charge in [0.1, 0.15) is 11.5 Å². The lowest BCUT2D eigenvalue weighted by Crippen LogP contribution is -2.43. The van der Waals surface area contributed by atoms with Crippen LogP contribution < -0.4 is 5.32 Å². The Bertz CT molecular complexity index is 1180. The summed E-state index contributed by atoms with van der Waals surface area (Å²) in [5.41, 5.74) is -1.17. The van der Waals surface area contributed by atoms with Crippen molar-refractivity contribution in [1.29, 1.82) is 0 Å². The number of rotatable bonds is 3. The number of amides is 1. The molecule has 1 N–H and O–H groups in total. The first-order chi connectivity index (χ1) is 16.2. The van der Waals surface area contributed by atoms with E-state index in [2.05, 4.69) is 15.5 Å². The minimum atomic E-state index is -4.77. The van der Waals surface area contributed by atoms with Gasteiger partial charge in [-0.15, -0.1) is 0 Å². The molecule has 4 rings (SSSR count). The van der Waals surface area contributed by atoms with Crippen LogP contribution in [0.25, 0.3) is 0 Å². The first-order valence-electron chi connectivity index (χ1n) is 11.0. The lowest BCUT2D eigenvalue weighted by atomic mass is 9.88. The number of carbonyl (C=O) groups excluding carboxylic acids is 1. The summed E-state index contributed by atoms with van der Waals surface area (Å²) in [5.74, 6) is -0.161. The highest BCUT2D eigenvalue weighted by molar-refractivity contribution is 6.34. The van der Waals surface area contributed by atoms with E-state index in [-0.39, 0.29) is 51.0 Å². The van der Waals surface area contributed by atoms with E-state index >= 15 is 0 Å². The Labute approximate surface area is 211 Å². The van der Waals surface area contributed by atoms with Crippen LogP contribution in [-0.2, 0) is 23.5 Å². The molecule has 1 aromatic carbocycles. The summed E-state index contributed by atoms with van der Waals surface area (Å²) < 4.78 is 42.8. The average molecular weight is 529 g/mol. The molecule has 3 heterocycles. The molecule has 0 fully saturated rings. The van der Waals surface area contributed by atoms with Crippen LogP contribution in [0.1, 0.15) is 61.3 Å². The molecule has 6 nitrogen and oxygen atoms in total. The molecular weight excluding hydrogens is 504 g/mol. The molecule has 0 spiro atoms. The number of nitrogens with one attached hydrogen (secondary N) is 1. The Morgan fingerprint density at radius 2 is 1.74 bits per heavy atom. The molecule has 2 aliphatic heterocycles. The van der Waals surface area contributed by atoms with E-state index in [1.165, 1.54) is 18.2 Å². The van der Waals surface area contributed by atoms with Gasteiger partial charge in [0.25, 0.3) is 11.5 Å². The molecule has 2 atom stereocenters. The molecule has 2 aliphatic rings. The minimum Gasteiger partial charge on any atom is -0.372 e. The number of amidine groups is 1. The Balaban J connectivity index is 1.53. The van der Waals surface area contributed by atoms with Crippen molar-refractivity contribution in [3.63, 3.8) is 0 Å². The van der Waals surface area contributed by atoms with E-state index in [1.807, 2.05) is 27.7 Å². The summed E-state index contributed by atoms with van der Waals surface area (Å²) in [6.07, 6.45) is -3.73. The van der Waals surface area contributed by atoms with Gasteiger partial charge in [-0.25, -0.2) is 0 Å². The molecule has 11 heteroatoms. The molecule has 0 saturated heterocycles. The van der Waals surface area contributed by atoms with Crippen molar-refractivity contribution < 1.29 is 22.8 Å². The van der Waals surface area contributed by atoms with Crippen LogP contribution >= 0.6 is 23.2 Å². The van der Waals surface area contributed by atoms with Gasteiger partial charge in [0.15, 0.2) is 0 Å². The fourth-order valence-corrected chi connectivity index (χ4v) is 4.45. The van der Waals surface area contributed by atoms with Crippen LogP contribution in [0.5, 0.6) is 0 Å². The number of aromatic nitrogens is 1. The first kappa shape index (κ1) is 25.6. The lowest BCUT2D eigenvalue weighted by Gasteiger charge is -2.30. The van der Waals surface area contributed by atoms with E-state index in [0.29, 0.717) is 6.54 Å². The summed E-state index contributed by atoms with van der Waals surface area (Å²) in [5, 5.41) is 6.90. The zero-order chi connectivity index (χ0) is 25.8. The van der Waals surface area contributed by atoms with Gasteiger partial charge in [-0.3, -0.25) is 9.78 Å². The molecule has 1 amide bonds. The van der Waals surface area contributed by atoms with Gasteiger partial charge < -0.3 is 15.1 Å². The second-order valence-electron chi connectivity index (χ2n) is 10.0. The number of benzene rings is 1. The molecule has 2 unspecified atom stereocenters. The minimum absolute atomic E-state index is 0.0689. The molecule has 2 aromatic rings. The van der Waals surface area contributed by atoms with Crippen molar-refractivity contribution in [2.75, 3.05) is 0 Å². The monoisotopic (exact) mass is 528 g/mol. The van der Waals surface area contributed by atoms with Crippen molar-refractivity contribution in [2.45, 2.75) is 65.0 Å². The van der Waals surface area contributed by atoms with Crippen LogP contribution in [0.15, 0.2) is 35.6 Å². The van der Waals surface area contributed by atoms with E-state index in [1.54, 1.807) is 17.2 Å². The second-order valence-corrected chi connectivity index (χ2v) is 10.9. The third-order valence-electron chi connectivity index (χ3n) is 6.55. The highest BCUT2D eigenvalue weighted by Gasteiger charge is 2.63. The van der Waals surface area contributed by atoms with Gasteiger partial charge in [-0.05, 0) is 47.7 Å². The normalized spacial score (nSPS) is 20.8. The van der Waals surface area contributed by atoms with Crippen molar-refractivity contribution in [1.82, 2.24) is 15.2 Å². The topological polar surface area (TPSA) is 66.8 Å². The molecule has 0 bridgehead atoms. The number of carbonyl (C=O) groups is 1. The van der Waals surface area contributed by atoms with Crippen molar-refractivity contribution in [3.8, 4) is 0 Å². The van der Waals surface area contributed by atoms with Gasteiger partial charge in [-0.1, -0.05) is 49.1 Å². The third kappa shape index (κ3) is 4.93. The molecular formula is C24H25Cl2F3N4O2. The molecule has 35 heavy (non-hydrogen) atoms. The van der Waals surface area contributed by atoms with E-state index in [4.69, 9.17) is 28.0 Å². The summed E-state index contributed by atoms with van der Waals surface area (Å²) in [4.78, 5) is 23.7. The maximum atomic E-state index is 14.3. The molecule has 0 radical (unpaired) electrons. The lowest BCUT2D eigenvalue weighted by molar-refractivity contribution is -0.275. The Morgan fingerprint density at radius 1 is 1.11 bits per heavy atom. The Morgan fingerprint density at radius 3 is 2.34 bits per heavy atom. The number of oxime groups is 1. The summed E-state index contributed by atoms with van der Waals surface area (Å²) >= 11 is 11.9. The largest absolute Gasteiger partial charge is 0.435 e. The van der Waals surface area contributed by atoms with Gasteiger partial charge in [-0.2, -0.15) is 13.2 Å². The quantitative estimate of drug-likeness (QED) is 0.525. The second kappa shape index (κ2) is 8.85.